The first-order valence-corrected chi connectivity index (χ1v) is 9.77. The summed E-state index contributed by atoms with van der Waals surface area (Å²) < 4.78 is 7.09. The summed E-state index contributed by atoms with van der Waals surface area (Å²) in [5, 5.41) is 10.4. The Labute approximate surface area is 160 Å². The number of carbonyl (C=O) groups is 2. The van der Waals surface area contributed by atoms with Gasteiger partial charge < -0.3 is 15.4 Å². The second kappa shape index (κ2) is 8.39. The Morgan fingerprint density at radius 2 is 2.19 bits per heavy atom. The summed E-state index contributed by atoms with van der Waals surface area (Å²) in [4.78, 5) is 27.7. The molecule has 2 aliphatic heterocycles. The molecule has 8 nitrogen and oxygen atoms in total. The van der Waals surface area contributed by atoms with E-state index in [2.05, 4.69) is 34.5 Å². The van der Waals surface area contributed by atoms with Gasteiger partial charge >= 0.3 is 0 Å². The van der Waals surface area contributed by atoms with E-state index in [1.807, 2.05) is 13.0 Å². The molecule has 1 unspecified atom stereocenters. The van der Waals surface area contributed by atoms with Gasteiger partial charge in [-0.05, 0) is 31.7 Å². The summed E-state index contributed by atoms with van der Waals surface area (Å²) in [7, 11) is 0. The molecule has 8 heteroatoms. The third kappa shape index (κ3) is 5.29. The monoisotopic (exact) mass is 377 g/mol. The summed E-state index contributed by atoms with van der Waals surface area (Å²) in [6.45, 7) is 9.86. The Bertz CT molecular complexity index is 666. The quantitative estimate of drug-likeness (QED) is 0.771. The van der Waals surface area contributed by atoms with Gasteiger partial charge in [0.25, 0.3) is 0 Å². The van der Waals surface area contributed by atoms with Crippen molar-refractivity contribution in [2.45, 2.75) is 51.7 Å². The topological polar surface area (TPSA) is 88.5 Å². The molecular weight excluding hydrogens is 346 g/mol. The van der Waals surface area contributed by atoms with Crippen LogP contribution in [0.1, 0.15) is 32.4 Å². The predicted octanol–water partition coefficient (Wildman–Crippen LogP) is 0.313. The molecule has 2 amide bonds. The van der Waals surface area contributed by atoms with Crippen molar-refractivity contribution >= 4 is 11.8 Å². The van der Waals surface area contributed by atoms with Gasteiger partial charge in [0.15, 0.2) is 0 Å². The summed E-state index contributed by atoms with van der Waals surface area (Å²) in [5.41, 5.74) is 0.600. The Hall–Kier alpha value is -1.93. The lowest BCUT2D eigenvalue weighted by Gasteiger charge is -2.39. The van der Waals surface area contributed by atoms with E-state index in [-0.39, 0.29) is 23.9 Å². The van der Waals surface area contributed by atoms with Crippen molar-refractivity contribution in [1.29, 1.82) is 0 Å². The van der Waals surface area contributed by atoms with Crippen LogP contribution in [0, 0.1) is 12.8 Å². The van der Waals surface area contributed by atoms with Gasteiger partial charge in [-0.3, -0.25) is 19.2 Å². The molecule has 2 fully saturated rings. The highest BCUT2D eigenvalue weighted by Crippen LogP contribution is 2.25. The molecule has 2 aliphatic rings. The third-order valence-electron chi connectivity index (χ3n) is 5.16. The lowest BCUT2D eigenvalue weighted by molar-refractivity contribution is -0.130. The maximum absolute atomic E-state index is 12.9. The normalized spacial score (nSPS) is 23.3. The first-order valence-electron chi connectivity index (χ1n) is 9.77. The third-order valence-corrected chi connectivity index (χ3v) is 5.16. The minimum Gasteiger partial charge on any atom is -0.381 e. The van der Waals surface area contributed by atoms with Crippen LogP contribution in [0.4, 0.5) is 0 Å². The minimum atomic E-state index is -0.560. The minimum absolute atomic E-state index is 0.104. The van der Waals surface area contributed by atoms with Crippen LogP contribution in [-0.2, 0) is 20.9 Å². The number of carbonyl (C=O) groups excluding carboxylic acids is 2. The van der Waals surface area contributed by atoms with E-state index in [0.29, 0.717) is 25.7 Å². The lowest BCUT2D eigenvalue weighted by Crippen LogP contribution is -2.58. The van der Waals surface area contributed by atoms with Crippen LogP contribution in [0.15, 0.2) is 12.3 Å². The molecular formula is C19H31N5O3. The van der Waals surface area contributed by atoms with Crippen LogP contribution >= 0.6 is 0 Å². The van der Waals surface area contributed by atoms with Crippen LogP contribution in [0.3, 0.4) is 0 Å². The number of aromatic nitrogens is 2. The SMILES string of the molecule is Cc1ccn(CC(=O)NC2CN(CC(C)C)CC3(CCOCC3)NC2=O)n1. The summed E-state index contributed by atoms with van der Waals surface area (Å²) >= 11 is 0. The zero-order valence-corrected chi connectivity index (χ0v) is 16.5. The highest BCUT2D eigenvalue weighted by Gasteiger charge is 2.41. The van der Waals surface area contributed by atoms with E-state index < -0.39 is 6.04 Å². The maximum atomic E-state index is 12.9. The van der Waals surface area contributed by atoms with Gasteiger partial charge in [0.2, 0.25) is 11.8 Å². The maximum Gasteiger partial charge on any atom is 0.244 e. The molecule has 1 aromatic rings. The fourth-order valence-corrected chi connectivity index (χ4v) is 3.97. The van der Waals surface area contributed by atoms with Crippen molar-refractivity contribution in [3.05, 3.63) is 18.0 Å². The second-order valence-corrected chi connectivity index (χ2v) is 8.24. The van der Waals surface area contributed by atoms with Crippen molar-refractivity contribution < 1.29 is 14.3 Å². The molecule has 2 N–H and O–H groups in total. The number of rotatable bonds is 5. The van der Waals surface area contributed by atoms with E-state index in [4.69, 9.17) is 4.74 Å². The van der Waals surface area contributed by atoms with Crippen LogP contribution in [-0.4, -0.2) is 70.9 Å². The smallest absolute Gasteiger partial charge is 0.244 e. The van der Waals surface area contributed by atoms with Crippen molar-refractivity contribution in [3.8, 4) is 0 Å². The van der Waals surface area contributed by atoms with Crippen LogP contribution < -0.4 is 10.6 Å². The van der Waals surface area contributed by atoms with Crippen molar-refractivity contribution in [2.24, 2.45) is 5.92 Å². The molecule has 2 saturated heterocycles. The molecule has 150 valence electrons. The average Bonchev–Trinajstić information content (AvgIpc) is 2.93. The molecule has 0 saturated carbocycles. The molecule has 1 atom stereocenters. The molecule has 3 rings (SSSR count). The first kappa shape index (κ1) is 19.8. The highest BCUT2D eigenvalue weighted by atomic mass is 16.5. The lowest BCUT2D eigenvalue weighted by atomic mass is 9.89. The molecule has 3 heterocycles. The number of hydrogen-bond donors (Lipinski definition) is 2. The van der Waals surface area contributed by atoms with Gasteiger partial charge in [-0.1, -0.05) is 13.8 Å². The molecule has 1 spiro atoms. The number of ether oxygens (including phenoxy) is 1. The molecule has 0 aromatic carbocycles. The Kier molecular flexibility index (Phi) is 6.16. The Balaban J connectivity index is 1.69. The van der Waals surface area contributed by atoms with E-state index >= 15 is 0 Å². The summed E-state index contributed by atoms with van der Waals surface area (Å²) in [6.07, 6.45) is 3.38. The van der Waals surface area contributed by atoms with Crippen molar-refractivity contribution in [1.82, 2.24) is 25.3 Å². The highest BCUT2D eigenvalue weighted by molar-refractivity contribution is 5.88. The van der Waals surface area contributed by atoms with Gasteiger partial charge in [0.05, 0.1) is 11.2 Å². The van der Waals surface area contributed by atoms with Gasteiger partial charge in [0, 0.05) is 39.0 Å². The van der Waals surface area contributed by atoms with Crippen LogP contribution in [0.2, 0.25) is 0 Å². The predicted molar refractivity (Wildman–Crippen MR) is 101 cm³/mol. The molecule has 27 heavy (non-hydrogen) atoms. The fraction of sp³-hybridized carbons (Fsp3) is 0.737. The van der Waals surface area contributed by atoms with Gasteiger partial charge in [-0.2, -0.15) is 5.10 Å². The van der Waals surface area contributed by atoms with Gasteiger partial charge in [0.1, 0.15) is 12.6 Å². The van der Waals surface area contributed by atoms with E-state index in [1.54, 1.807) is 10.9 Å². The van der Waals surface area contributed by atoms with Gasteiger partial charge in [-0.15, -0.1) is 0 Å². The zero-order valence-electron chi connectivity index (χ0n) is 16.5. The Morgan fingerprint density at radius 3 is 2.81 bits per heavy atom. The number of aryl methyl sites for hydroxylation is 1. The van der Waals surface area contributed by atoms with Crippen molar-refractivity contribution in [3.63, 3.8) is 0 Å². The number of nitrogens with zero attached hydrogens (tertiary/aromatic N) is 3. The number of amides is 2. The first-order chi connectivity index (χ1) is 12.8. The summed E-state index contributed by atoms with van der Waals surface area (Å²) in [5.74, 6) is 0.178. The largest absolute Gasteiger partial charge is 0.381 e. The zero-order chi connectivity index (χ0) is 19.4. The van der Waals surface area contributed by atoms with Crippen LogP contribution in [0.25, 0.3) is 0 Å². The molecule has 1 aromatic heterocycles. The fourth-order valence-electron chi connectivity index (χ4n) is 3.97. The van der Waals surface area contributed by atoms with Crippen molar-refractivity contribution in [2.75, 3.05) is 32.8 Å². The molecule has 0 bridgehead atoms. The van der Waals surface area contributed by atoms with Gasteiger partial charge in [-0.25, -0.2) is 0 Å². The van der Waals surface area contributed by atoms with Crippen LogP contribution in [0.5, 0.6) is 0 Å². The molecule has 0 radical (unpaired) electrons. The summed E-state index contributed by atoms with van der Waals surface area (Å²) in [6, 6.07) is 1.29. The average molecular weight is 377 g/mol. The van der Waals surface area contributed by atoms with E-state index in [1.165, 1.54) is 0 Å². The molecule has 0 aliphatic carbocycles. The second-order valence-electron chi connectivity index (χ2n) is 8.24. The number of hydrogen-bond acceptors (Lipinski definition) is 5. The Morgan fingerprint density at radius 1 is 1.44 bits per heavy atom. The van der Waals surface area contributed by atoms with E-state index in [0.717, 1.165) is 31.6 Å². The standard InChI is InChI=1S/C19H31N5O3/c1-14(2)10-23-11-16(20-17(25)12-24-7-4-15(3)22-24)18(26)21-19(13-23)5-8-27-9-6-19/h4,7,14,16H,5-6,8-13H2,1-3H3,(H,20,25)(H,21,26). The number of nitrogens with one attached hydrogen (secondary N) is 2. The van der Waals surface area contributed by atoms with E-state index in [9.17, 15) is 9.59 Å².